The van der Waals surface area contributed by atoms with Crippen LogP contribution < -0.4 is 5.56 Å². The number of aromatic nitrogens is 1. The van der Waals surface area contributed by atoms with Gasteiger partial charge in [0.15, 0.2) is 0 Å². The van der Waals surface area contributed by atoms with Crippen LogP contribution in [0.15, 0.2) is 10.9 Å². The number of thioether (sulfide) groups is 1. The molecule has 0 amide bonds. The highest BCUT2D eigenvalue weighted by molar-refractivity contribution is 8.00. The summed E-state index contributed by atoms with van der Waals surface area (Å²) < 4.78 is 1.73. The Morgan fingerprint density at radius 2 is 2.00 bits per heavy atom. The van der Waals surface area contributed by atoms with Crippen LogP contribution in [0.1, 0.15) is 47.3 Å². The molecule has 0 saturated heterocycles. The van der Waals surface area contributed by atoms with Crippen LogP contribution in [0.25, 0.3) is 0 Å². The van der Waals surface area contributed by atoms with Crippen molar-refractivity contribution in [1.82, 2.24) is 4.57 Å². The number of nitrogens with zero attached hydrogens (tertiary/aromatic N) is 1. The SMILES string of the molecule is CSC1(Cn2c(C)c(C(=O)O)c(C)cc2=O)CCCC1. The van der Waals surface area contributed by atoms with Crippen LogP contribution in [0.3, 0.4) is 0 Å². The number of aromatic carboxylic acids is 1. The van der Waals surface area contributed by atoms with E-state index in [1.165, 1.54) is 18.9 Å². The standard InChI is InChI=1S/C15H21NO3S/c1-10-8-12(17)16(11(2)13(10)14(18)19)9-15(20-3)6-4-5-7-15/h8H,4-7,9H2,1-3H3,(H,18,19). The second kappa shape index (κ2) is 5.64. The van der Waals surface area contributed by atoms with Gasteiger partial charge in [-0.2, -0.15) is 11.8 Å². The van der Waals surface area contributed by atoms with Gasteiger partial charge in [-0.15, -0.1) is 0 Å². The number of pyridine rings is 1. The van der Waals surface area contributed by atoms with Gasteiger partial charge in [-0.25, -0.2) is 4.79 Å². The Kier molecular flexibility index (Phi) is 4.28. The maximum atomic E-state index is 12.2. The van der Waals surface area contributed by atoms with E-state index >= 15 is 0 Å². The topological polar surface area (TPSA) is 59.3 Å². The van der Waals surface area contributed by atoms with E-state index < -0.39 is 5.97 Å². The van der Waals surface area contributed by atoms with Crippen molar-refractivity contribution in [2.24, 2.45) is 0 Å². The van der Waals surface area contributed by atoms with E-state index in [9.17, 15) is 14.7 Å². The van der Waals surface area contributed by atoms with Crippen LogP contribution in [0.2, 0.25) is 0 Å². The van der Waals surface area contributed by atoms with Crippen LogP contribution in [-0.4, -0.2) is 26.6 Å². The van der Waals surface area contributed by atoms with Crippen molar-refractivity contribution in [3.63, 3.8) is 0 Å². The quantitative estimate of drug-likeness (QED) is 0.928. The zero-order chi connectivity index (χ0) is 14.9. The Balaban J connectivity index is 2.49. The van der Waals surface area contributed by atoms with E-state index in [0.717, 1.165) is 12.8 Å². The second-order valence-electron chi connectivity index (χ2n) is 5.61. The van der Waals surface area contributed by atoms with Gasteiger partial charge in [0.05, 0.1) is 5.56 Å². The number of aryl methyl sites for hydroxylation is 1. The number of carbonyl (C=O) groups is 1. The van der Waals surface area contributed by atoms with E-state index in [0.29, 0.717) is 17.8 Å². The Bertz CT molecular complexity index is 586. The molecule has 0 aromatic carbocycles. The highest BCUT2D eigenvalue weighted by atomic mass is 32.2. The summed E-state index contributed by atoms with van der Waals surface area (Å²) in [5.41, 5.74) is 1.29. The molecule has 1 fully saturated rings. The van der Waals surface area contributed by atoms with Gasteiger partial charge in [0.1, 0.15) is 0 Å². The highest BCUT2D eigenvalue weighted by Gasteiger charge is 2.34. The number of hydrogen-bond acceptors (Lipinski definition) is 3. The predicted octanol–water partition coefficient (Wildman–Crippen LogP) is 2.84. The Morgan fingerprint density at radius 3 is 2.50 bits per heavy atom. The Morgan fingerprint density at radius 1 is 1.40 bits per heavy atom. The van der Waals surface area contributed by atoms with E-state index in [1.54, 1.807) is 30.2 Å². The normalized spacial score (nSPS) is 17.4. The zero-order valence-corrected chi connectivity index (χ0v) is 13.0. The molecule has 1 aliphatic carbocycles. The Labute approximate surface area is 123 Å². The first-order chi connectivity index (χ1) is 9.40. The van der Waals surface area contributed by atoms with E-state index in [1.807, 2.05) is 0 Å². The summed E-state index contributed by atoms with van der Waals surface area (Å²) in [6.07, 6.45) is 6.64. The van der Waals surface area contributed by atoms with E-state index in [4.69, 9.17) is 0 Å². The molecular formula is C15H21NO3S. The molecule has 0 bridgehead atoms. The van der Waals surface area contributed by atoms with Crippen LogP contribution in [0, 0.1) is 13.8 Å². The van der Waals surface area contributed by atoms with Gasteiger partial charge < -0.3 is 9.67 Å². The number of hydrogen-bond donors (Lipinski definition) is 1. The number of carboxylic acids is 1. The first kappa shape index (κ1) is 15.2. The van der Waals surface area contributed by atoms with Crippen molar-refractivity contribution < 1.29 is 9.90 Å². The summed E-state index contributed by atoms with van der Waals surface area (Å²) in [5, 5.41) is 9.32. The molecule has 2 rings (SSSR count). The molecule has 1 aliphatic rings. The fourth-order valence-corrected chi connectivity index (χ4v) is 4.13. The van der Waals surface area contributed by atoms with Gasteiger partial charge in [-0.05, 0) is 38.5 Å². The van der Waals surface area contributed by atoms with E-state index in [-0.39, 0.29) is 15.9 Å². The maximum Gasteiger partial charge on any atom is 0.337 e. The molecule has 4 nitrogen and oxygen atoms in total. The largest absolute Gasteiger partial charge is 0.478 e. The summed E-state index contributed by atoms with van der Waals surface area (Å²) >= 11 is 1.80. The third-order valence-electron chi connectivity index (χ3n) is 4.37. The second-order valence-corrected chi connectivity index (χ2v) is 6.89. The van der Waals surface area contributed by atoms with Crippen molar-refractivity contribution in [2.75, 3.05) is 6.26 Å². The zero-order valence-electron chi connectivity index (χ0n) is 12.2. The van der Waals surface area contributed by atoms with Crippen molar-refractivity contribution in [2.45, 2.75) is 50.8 Å². The van der Waals surface area contributed by atoms with Crippen LogP contribution in [0.5, 0.6) is 0 Å². The van der Waals surface area contributed by atoms with Crippen molar-refractivity contribution in [3.05, 3.63) is 33.2 Å². The third-order valence-corrected chi connectivity index (χ3v) is 5.78. The van der Waals surface area contributed by atoms with Gasteiger partial charge in [-0.3, -0.25) is 4.79 Å². The lowest BCUT2D eigenvalue weighted by atomic mass is 10.0. The van der Waals surface area contributed by atoms with E-state index in [2.05, 4.69) is 6.26 Å². The predicted molar refractivity (Wildman–Crippen MR) is 81.8 cm³/mol. The molecule has 1 saturated carbocycles. The monoisotopic (exact) mass is 295 g/mol. The molecule has 0 atom stereocenters. The molecule has 1 aromatic rings. The molecule has 0 aliphatic heterocycles. The van der Waals surface area contributed by atoms with Gasteiger partial charge in [0.25, 0.3) is 5.56 Å². The summed E-state index contributed by atoms with van der Waals surface area (Å²) in [7, 11) is 0. The maximum absolute atomic E-state index is 12.2. The van der Waals surface area contributed by atoms with Crippen LogP contribution >= 0.6 is 11.8 Å². The van der Waals surface area contributed by atoms with Crippen molar-refractivity contribution in [1.29, 1.82) is 0 Å². The first-order valence-corrected chi connectivity index (χ1v) is 8.12. The lowest BCUT2D eigenvalue weighted by Gasteiger charge is -2.29. The average molecular weight is 295 g/mol. The van der Waals surface area contributed by atoms with Gasteiger partial charge >= 0.3 is 5.97 Å². The Hall–Kier alpha value is -1.23. The average Bonchev–Trinajstić information content (AvgIpc) is 2.83. The number of rotatable bonds is 4. The van der Waals surface area contributed by atoms with Gasteiger partial charge in [-0.1, -0.05) is 12.8 Å². The van der Waals surface area contributed by atoms with Gasteiger partial charge in [0.2, 0.25) is 0 Å². The molecule has 1 aromatic heterocycles. The lowest BCUT2D eigenvalue weighted by Crippen LogP contribution is -2.35. The smallest absolute Gasteiger partial charge is 0.337 e. The minimum absolute atomic E-state index is 0.0830. The van der Waals surface area contributed by atoms with Gasteiger partial charge in [0, 0.05) is 23.1 Å². The molecule has 1 heterocycles. The van der Waals surface area contributed by atoms with Crippen LogP contribution in [-0.2, 0) is 6.54 Å². The minimum Gasteiger partial charge on any atom is -0.478 e. The molecular weight excluding hydrogens is 274 g/mol. The summed E-state index contributed by atoms with van der Waals surface area (Å²) in [4.78, 5) is 23.6. The molecule has 110 valence electrons. The highest BCUT2D eigenvalue weighted by Crippen LogP contribution is 2.41. The third kappa shape index (κ3) is 2.64. The number of carboxylic acid groups (broad SMARTS) is 1. The first-order valence-electron chi connectivity index (χ1n) is 6.90. The molecule has 0 unspecified atom stereocenters. The minimum atomic E-state index is -0.960. The van der Waals surface area contributed by atoms with Crippen LogP contribution in [0.4, 0.5) is 0 Å². The molecule has 5 heteroatoms. The fraction of sp³-hybridized carbons (Fsp3) is 0.600. The van der Waals surface area contributed by atoms with Crippen molar-refractivity contribution in [3.8, 4) is 0 Å². The summed E-state index contributed by atoms with van der Waals surface area (Å²) in [6.45, 7) is 4.03. The summed E-state index contributed by atoms with van der Waals surface area (Å²) in [6, 6.07) is 1.44. The summed E-state index contributed by atoms with van der Waals surface area (Å²) in [5.74, 6) is -0.960. The molecule has 0 radical (unpaired) electrons. The van der Waals surface area contributed by atoms with Crippen molar-refractivity contribution >= 4 is 17.7 Å². The molecule has 0 spiro atoms. The lowest BCUT2D eigenvalue weighted by molar-refractivity contribution is 0.0694. The fourth-order valence-electron chi connectivity index (χ4n) is 3.18. The molecule has 1 N–H and O–H groups in total. The molecule has 20 heavy (non-hydrogen) atoms.